The smallest absolute Gasteiger partial charge is 0.224 e. The molecule has 0 saturated carbocycles. The van der Waals surface area contributed by atoms with E-state index in [-0.39, 0.29) is 5.91 Å². The van der Waals surface area contributed by atoms with E-state index in [1.54, 1.807) is 11.3 Å². The number of anilines is 2. The Balaban J connectivity index is 1.27. The summed E-state index contributed by atoms with van der Waals surface area (Å²) in [5.41, 5.74) is 0.694. The number of nitrogens with zero attached hydrogens (tertiary/aromatic N) is 5. The van der Waals surface area contributed by atoms with Gasteiger partial charge in [-0.1, -0.05) is 17.4 Å². The molecule has 1 N–H and O–H groups in total. The molecule has 1 aliphatic heterocycles. The minimum atomic E-state index is -0.153. The fraction of sp³-hybridized carbons (Fsp3) is 0.304. The van der Waals surface area contributed by atoms with Gasteiger partial charge in [-0.05, 0) is 47.1 Å². The average Bonchev–Trinajstić information content (AvgIpc) is 3.45. The largest absolute Gasteiger partial charge is 0.437 e. The molecule has 1 aliphatic rings. The maximum absolute atomic E-state index is 11.4. The normalized spacial score (nSPS) is 15.4. The molecule has 34 heavy (non-hydrogen) atoms. The quantitative estimate of drug-likeness (QED) is 0.332. The molecule has 0 radical (unpaired) electrons. The van der Waals surface area contributed by atoms with Gasteiger partial charge in [-0.15, -0.1) is 11.3 Å². The lowest BCUT2D eigenvalue weighted by atomic mass is 10.2. The van der Waals surface area contributed by atoms with Gasteiger partial charge in [0.15, 0.2) is 10.9 Å². The van der Waals surface area contributed by atoms with Crippen molar-refractivity contribution in [2.75, 3.05) is 36.4 Å². The molecule has 1 fully saturated rings. The third kappa shape index (κ3) is 5.07. The molecule has 1 saturated heterocycles. The van der Waals surface area contributed by atoms with E-state index in [0.29, 0.717) is 28.3 Å². The van der Waals surface area contributed by atoms with Crippen LogP contribution in [0.3, 0.4) is 0 Å². The molecule has 1 amide bonds. The van der Waals surface area contributed by atoms with Crippen LogP contribution >= 0.6 is 38.6 Å². The lowest BCUT2D eigenvalue weighted by Crippen LogP contribution is -2.47. The number of ether oxygens (including phenoxy) is 1. The highest BCUT2D eigenvalue weighted by Gasteiger charge is 2.24. The van der Waals surface area contributed by atoms with E-state index in [9.17, 15) is 4.79 Å². The Labute approximate surface area is 213 Å². The number of hydrogen-bond acceptors (Lipinski definition) is 9. The standard InChI is InChI=1S/C23H23BrN6O2S2/c1-14(17-6-7-19(24)33-17)29-8-10-30(11-9-29)20-12-21(26-13-25-20)32-16-4-3-5-18-22(16)28-23(34-18)27-15(2)31/h3-7,12-14H,8-11H2,1-2H3,(H,27,28,31). The van der Waals surface area contributed by atoms with Gasteiger partial charge in [-0.2, -0.15) is 0 Å². The molecule has 11 heteroatoms. The Morgan fingerprint density at radius 1 is 1.15 bits per heavy atom. The fourth-order valence-corrected chi connectivity index (χ4v) is 6.39. The summed E-state index contributed by atoms with van der Waals surface area (Å²) in [6, 6.07) is 12.3. The molecular formula is C23H23BrN6O2S2. The minimum absolute atomic E-state index is 0.153. The zero-order chi connectivity index (χ0) is 23.7. The number of hydrogen-bond donors (Lipinski definition) is 1. The number of benzene rings is 1. The lowest BCUT2D eigenvalue weighted by molar-refractivity contribution is -0.114. The van der Waals surface area contributed by atoms with E-state index in [0.717, 1.165) is 36.7 Å². The van der Waals surface area contributed by atoms with Gasteiger partial charge in [0.25, 0.3) is 0 Å². The SMILES string of the molecule is CC(=O)Nc1nc2c(Oc3cc(N4CCN(C(C)c5ccc(Br)s5)CC4)ncn3)cccc2s1. The number of carbonyl (C=O) groups excluding carboxylic acids is 1. The van der Waals surface area contributed by atoms with Crippen LogP contribution in [-0.2, 0) is 4.79 Å². The first-order chi connectivity index (χ1) is 16.5. The summed E-state index contributed by atoms with van der Waals surface area (Å²) < 4.78 is 8.20. The Hall–Kier alpha value is -2.60. The van der Waals surface area contributed by atoms with E-state index in [2.05, 4.69) is 65.1 Å². The Morgan fingerprint density at radius 2 is 1.97 bits per heavy atom. The molecule has 1 atom stereocenters. The van der Waals surface area contributed by atoms with E-state index in [1.165, 1.54) is 33.3 Å². The number of carbonyl (C=O) groups is 1. The summed E-state index contributed by atoms with van der Waals surface area (Å²) >= 11 is 6.77. The van der Waals surface area contributed by atoms with Crippen LogP contribution < -0.4 is 15.0 Å². The van der Waals surface area contributed by atoms with Crippen LogP contribution in [0.5, 0.6) is 11.6 Å². The van der Waals surface area contributed by atoms with Gasteiger partial charge in [0.05, 0.1) is 8.49 Å². The first-order valence-corrected chi connectivity index (χ1v) is 13.3. The second kappa shape index (κ2) is 9.95. The first kappa shape index (κ1) is 23.2. The van der Waals surface area contributed by atoms with Crippen molar-refractivity contribution in [1.29, 1.82) is 0 Å². The summed E-state index contributed by atoms with van der Waals surface area (Å²) in [4.78, 5) is 30.8. The Bertz CT molecular complexity index is 1320. The van der Waals surface area contributed by atoms with Crippen molar-refractivity contribution in [2.24, 2.45) is 0 Å². The summed E-state index contributed by atoms with van der Waals surface area (Å²) in [6.45, 7) is 7.42. The molecule has 1 unspecified atom stereocenters. The van der Waals surface area contributed by atoms with Gasteiger partial charge in [-0.3, -0.25) is 9.69 Å². The zero-order valence-corrected chi connectivity index (χ0v) is 21.9. The lowest BCUT2D eigenvalue weighted by Gasteiger charge is -2.38. The molecule has 4 aromatic rings. The van der Waals surface area contributed by atoms with E-state index in [1.807, 2.05) is 24.3 Å². The second-order valence-electron chi connectivity index (χ2n) is 7.96. The third-order valence-corrected chi connectivity index (χ3v) is 8.43. The van der Waals surface area contributed by atoms with E-state index >= 15 is 0 Å². The van der Waals surface area contributed by atoms with Crippen LogP contribution in [0.25, 0.3) is 10.2 Å². The van der Waals surface area contributed by atoms with Crippen molar-refractivity contribution in [2.45, 2.75) is 19.9 Å². The number of fused-ring (bicyclic) bond motifs is 1. The number of rotatable bonds is 6. The molecular weight excluding hydrogens is 536 g/mol. The van der Waals surface area contributed by atoms with Gasteiger partial charge in [0.2, 0.25) is 11.8 Å². The molecule has 176 valence electrons. The maximum Gasteiger partial charge on any atom is 0.224 e. The number of amides is 1. The van der Waals surface area contributed by atoms with Gasteiger partial charge < -0.3 is 15.0 Å². The first-order valence-electron chi connectivity index (χ1n) is 10.9. The number of aromatic nitrogens is 3. The van der Waals surface area contributed by atoms with Crippen molar-refractivity contribution >= 4 is 65.7 Å². The van der Waals surface area contributed by atoms with Gasteiger partial charge in [-0.25, -0.2) is 15.0 Å². The number of nitrogens with one attached hydrogen (secondary N) is 1. The van der Waals surface area contributed by atoms with Crippen molar-refractivity contribution < 1.29 is 9.53 Å². The number of halogens is 1. The number of thiazole rings is 1. The third-order valence-electron chi connectivity index (χ3n) is 5.70. The monoisotopic (exact) mass is 558 g/mol. The minimum Gasteiger partial charge on any atom is -0.437 e. The predicted octanol–water partition coefficient (Wildman–Crippen LogP) is 5.54. The topological polar surface area (TPSA) is 83.5 Å². The summed E-state index contributed by atoms with van der Waals surface area (Å²) in [6.07, 6.45) is 1.53. The van der Waals surface area contributed by atoms with Crippen molar-refractivity contribution in [1.82, 2.24) is 19.9 Å². The second-order valence-corrected chi connectivity index (χ2v) is 11.5. The molecule has 5 rings (SSSR count). The van der Waals surface area contributed by atoms with Gasteiger partial charge >= 0.3 is 0 Å². The fourth-order valence-electron chi connectivity index (χ4n) is 3.95. The molecule has 8 nitrogen and oxygen atoms in total. The van der Waals surface area contributed by atoms with Crippen molar-refractivity contribution in [3.05, 3.63) is 51.4 Å². The average molecular weight is 560 g/mol. The Morgan fingerprint density at radius 3 is 2.71 bits per heavy atom. The predicted molar refractivity (Wildman–Crippen MR) is 140 cm³/mol. The highest BCUT2D eigenvalue weighted by molar-refractivity contribution is 9.11. The summed E-state index contributed by atoms with van der Waals surface area (Å²) in [5, 5.41) is 3.28. The van der Waals surface area contributed by atoms with Crippen molar-refractivity contribution in [3.63, 3.8) is 0 Å². The van der Waals surface area contributed by atoms with Crippen LogP contribution in [-0.4, -0.2) is 51.9 Å². The van der Waals surface area contributed by atoms with E-state index in [4.69, 9.17) is 4.74 Å². The number of thiophene rings is 1. The molecule has 3 aromatic heterocycles. The Kier molecular flexibility index (Phi) is 6.77. The summed E-state index contributed by atoms with van der Waals surface area (Å²) in [5.74, 6) is 1.75. The molecule has 0 spiro atoms. The van der Waals surface area contributed by atoms with Crippen LogP contribution in [0.2, 0.25) is 0 Å². The summed E-state index contributed by atoms with van der Waals surface area (Å²) in [7, 11) is 0. The molecule has 0 aliphatic carbocycles. The maximum atomic E-state index is 11.4. The van der Waals surface area contributed by atoms with Crippen molar-refractivity contribution in [3.8, 4) is 11.6 Å². The molecule has 1 aromatic carbocycles. The zero-order valence-electron chi connectivity index (χ0n) is 18.7. The van der Waals surface area contributed by atoms with Crippen LogP contribution in [0.4, 0.5) is 10.9 Å². The highest BCUT2D eigenvalue weighted by Crippen LogP contribution is 2.35. The van der Waals surface area contributed by atoms with E-state index < -0.39 is 0 Å². The molecule has 0 bridgehead atoms. The number of piperazine rings is 1. The highest BCUT2D eigenvalue weighted by atomic mass is 79.9. The van der Waals surface area contributed by atoms with Crippen LogP contribution in [0.1, 0.15) is 24.8 Å². The van der Waals surface area contributed by atoms with Crippen LogP contribution in [0.15, 0.2) is 46.5 Å². The van der Waals surface area contributed by atoms with Gasteiger partial charge in [0.1, 0.15) is 17.7 Å². The number of para-hydroxylation sites is 1. The van der Waals surface area contributed by atoms with Crippen LogP contribution in [0, 0.1) is 0 Å². The molecule has 4 heterocycles. The van der Waals surface area contributed by atoms with Gasteiger partial charge in [0, 0.05) is 50.1 Å².